The molecule has 5 heterocycles. The predicted molar refractivity (Wildman–Crippen MR) is 154 cm³/mol. The molecule has 4 aromatic heterocycles. The molecule has 1 N–H and O–H groups in total. The summed E-state index contributed by atoms with van der Waals surface area (Å²) in [6, 6.07) is 7.21. The van der Waals surface area contributed by atoms with Gasteiger partial charge in [-0.05, 0) is 66.2 Å². The third kappa shape index (κ3) is 4.57. The Morgan fingerprint density at radius 3 is 2.73 bits per heavy atom. The van der Waals surface area contributed by atoms with Gasteiger partial charge in [0.25, 0.3) is 0 Å². The highest BCUT2D eigenvalue weighted by Crippen LogP contribution is 2.48. The molecule has 7 rings (SSSR count). The van der Waals surface area contributed by atoms with Gasteiger partial charge in [-0.15, -0.1) is 0 Å². The molecule has 1 aromatic carbocycles. The van der Waals surface area contributed by atoms with E-state index in [0.29, 0.717) is 28.3 Å². The number of carbonyl (C=O) groups is 3. The standard InChI is InChI=1S/C29H25BrN8O3/c1-15-5-27-32-9-19(12-37(27)35-15)17-3-4-22-20(6-17)21(16(2)39)13-36(22)14-28(40)38-23-7-18(23)8-24(38)29(41)34-26-11-31-10-25(30)33-26/h3-6,9-13,18,23-24H,7-8,14H2,1-2H3,(H,33,34,41)/t18-,23?,24+/m1/s1. The number of benzene rings is 1. The molecule has 5 aromatic rings. The summed E-state index contributed by atoms with van der Waals surface area (Å²) in [4.78, 5) is 54.0. The first-order valence-corrected chi connectivity index (χ1v) is 14.1. The number of carbonyl (C=O) groups excluding carboxylic acids is 3. The van der Waals surface area contributed by atoms with Crippen molar-refractivity contribution in [2.24, 2.45) is 5.92 Å². The average molecular weight is 613 g/mol. The summed E-state index contributed by atoms with van der Waals surface area (Å²) in [5, 5.41) is 8.01. The monoisotopic (exact) mass is 612 g/mol. The quantitative estimate of drug-likeness (QED) is 0.287. The highest BCUT2D eigenvalue weighted by atomic mass is 79.9. The Labute approximate surface area is 242 Å². The van der Waals surface area contributed by atoms with E-state index in [1.807, 2.05) is 37.4 Å². The Balaban J connectivity index is 1.17. The summed E-state index contributed by atoms with van der Waals surface area (Å²) in [6.07, 6.45) is 9.95. The van der Waals surface area contributed by atoms with Gasteiger partial charge in [0.2, 0.25) is 11.8 Å². The lowest BCUT2D eigenvalue weighted by Crippen LogP contribution is -2.46. The highest BCUT2D eigenvalue weighted by molar-refractivity contribution is 9.10. The number of ketones is 1. The van der Waals surface area contributed by atoms with Gasteiger partial charge in [-0.3, -0.25) is 19.4 Å². The van der Waals surface area contributed by atoms with Crippen LogP contribution >= 0.6 is 15.9 Å². The SMILES string of the molecule is CC(=O)c1cn(CC(=O)N2C3C[C@@H]3C[C@H]2C(=O)Nc2cncc(Br)n2)c2ccc(-c3cnc4cc(C)nn4c3)cc12. The molecular formula is C29H25BrN8O3. The molecule has 3 atom stereocenters. The summed E-state index contributed by atoms with van der Waals surface area (Å²) in [6.45, 7) is 3.46. The molecule has 1 saturated heterocycles. The fourth-order valence-electron chi connectivity index (χ4n) is 5.92. The van der Waals surface area contributed by atoms with Crippen molar-refractivity contribution in [1.29, 1.82) is 0 Å². The zero-order valence-electron chi connectivity index (χ0n) is 22.3. The summed E-state index contributed by atoms with van der Waals surface area (Å²) >= 11 is 3.26. The summed E-state index contributed by atoms with van der Waals surface area (Å²) < 4.78 is 4.05. The summed E-state index contributed by atoms with van der Waals surface area (Å²) in [5.41, 5.74) is 4.70. The molecule has 206 valence electrons. The van der Waals surface area contributed by atoms with E-state index in [4.69, 9.17) is 0 Å². The number of halogens is 1. The second kappa shape index (κ2) is 9.58. The Kier molecular flexibility index (Phi) is 5.96. The lowest BCUT2D eigenvalue weighted by molar-refractivity contribution is -0.138. The van der Waals surface area contributed by atoms with Crippen molar-refractivity contribution in [1.82, 2.24) is 34.0 Å². The number of hydrogen-bond acceptors (Lipinski definition) is 7. The number of amides is 2. The van der Waals surface area contributed by atoms with Crippen LogP contribution in [0.2, 0.25) is 0 Å². The lowest BCUT2D eigenvalue weighted by atomic mass is 10.0. The topological polar surface area (TPSA) is 127 Å². The molecule has 2 amide bonds. The normalized spacial score (nSPS) is 19.5. The number of hydrogen-bond donors (Lipinski definition) is 1. The first kappa shape index (κ1) is 25.5. The fraction of sp³-hybridized carbons (Fsp3) is 0.276. The maximum absolute atomic E-state index is 13.7. The van der Waals surface area contributed by atoms with Crippen molar-refractivity contribution in [2.45, 2.75) is 45.3 Å². The summed E-state index contributed by atoms with van der Waals surface area (Å²) in [5.74, 6) is 0.125. The van der Waals surface area contributed by atoms with Gasteiger partial charge < -0.3 is 14.8 Å². The van der Waals surface area contributed by atoms with Gasteiger partial charge in [0, 0.05) is 52.7 Å². The van der Waals surface area contributed by atoms with Crippen LogP contribution in [0.3, 0.4) is 0 Å². The minimum Gasteiger partial charge on any atom is -0.337 e. The molecule has 0 radical (unpaired) electrons. The Morgan fingerprint density at radius 1 is 1.07 bits per heavy atom. The van der Waals surface area contributed by atoms with Crippen LogP contribution in [-0.4, -0.2) is 63.7 Å². The van der Waals surface area contributed by atoms with Crippen LogP contribution in [0.25, 0.3) is 27.7 Å². The van der Waals surface area contributed by atoms with E-state index in [1.54, 1.807) is 26.4 Å². The van der Waals surface area contributed by atoms with Crippen molar-refractivity contribution in [3.05, 3.63) is 71.1 Å². The Hall–Kier alpha value is -4.45. The molecule has 2 fully saturated rings. The van der Waals surface area contributed by atoms with Crippen LogP contribution in [-0.2, 0) is 16.1 Å². The molecule has 0 bridgehead atoms. The van der Waals surface area contributed by atoms with Crippen LogP contribution < -0.4 is 5.32 Å². The minimum atomic E-state index is -0.582. The second-order valence-electron chi connectivity index (χ2n) is 10.7. The lowest BCUT2D eigenvalue weighted by Gasteiger charge is -2.27. The van der Waals surface area contributed by atoms with E-state index in [-0.39, 0.29) is 30.2 Å². The second-order valence-corrected chi connectivity index (χ2v) is 11.5. The molecule has 1 aliphatic carbocycles. The van der Waals surface area contributed by atoms with Gasteiger partial charge in [-0.2, -0.15) is 5.10 Å². The van der Waals surface area contributed by atoms with Crippen LogP contribution in [0.1, 0.15) is 35.8 Å². The molecule has 11 nitrogen and oxygen atoms in total. The van der Waals surface area contributed by atoms with Gasteiger partial charge in [0.1, 0.15) is 17.2 Å². The van der Waals surface area contributed by atoms with Crippen molar-refractivity contribution < 1.29 is 14.4 Å². The van der Waals surface area contributed by atoms with E-state index in [9.17, 15) is 14.4 Å². The van der Waals surface area contributed by atoms with E-state index >= 15 is 0 Å². The van der Waals surface area contributed by atoms with Crippen molar-refractivity contribution in [2.75, 3.05) is 5.32 Å². The number of nitrogens with zero attached hydrogens (tertiary/aromatic N) is 7. The molecule has 41 heavy (non-hydrogen) atoms. The maximum atomic E-state index is 13.7. The van der Waals surface area contributed by atoms with E-state index in [1.165, 1.54) is 19.3 Å². The zero-order valence-corrected chi connectivity index (χ0v) is 23.9. The number of Topliss-reactive ketones (excluding diaryl/α,β-unsaturated/α-hetero) is 1. The highest BCUT2D eigenvalue weighted by Gasteiger charge is 2.56. The number of aryl methyl sites for hydroxylation is 1. The van der Waals surface area contributed by atoms with E-state index in [2.05, 4.69) is 41.3 Å². The first-order valence-electron chi connectivity index (χ1n) is 13.3. The number of anilines is 1. The predicted octanol–water partition coefficient (Wildman–Crippen LogP) is 4.04. The number of rotatable bonds is 6. The summed E-state index contributed by atoms with van der Waals surface area (Å²) in [7, 11) is 0. The minimum absolute atomic E-state index is 0.0207. The molecule has 2 aliphatic rings. The Morgan fingerprint density at radius 2 is 1.93 bits per heavy atom. The number of nitrogens with one attached hydrogen (secondary N) is 1. The van der Waals surface area contributed by atoms with Crippen LogP contribution in [0, 0.1) is 12.8 Å². The Bertz CT molecular complexity index is 1900. The molecular weight excluding hydrogens is 588 g/mol. The van der Waals surface area contributed by atoms with Gasteiger partial charge in [0.05, 0.1) is 18.1 Å². The number of likely N-dealkylation sites (tertiary alicyclic amines) is 1. The third-order valence-electron chi connectivity index (χ3n) is 7.89. The molecule has 12 heteroatoms. The molecule has 1 unspecified atom stereocenters. The van der Waals surface area contributed by atoms with E-state index in [0.717, 1.165) is 39.8 Å². The third-order valence-corrected chi connectivity index (χ3v) is 8.27. The average Bonchev–Trinajstić information content (AvgIpc) is 3.25. The van der Waals surface area contributed by atoms with Crippen molar-refractivity contribution in [3.63, 3.8) is 0 Å². The van der Waals surface area contributed by atoms with Crippen molar-refractivity contribution >= 4 is 55.9 Å². The zero-order chi connectivity index (χ0) is 28.4. The van der Waals surface area contributed by atoms with Crippen LogP contribution in [0.5, 0.6) is 0 Å². The van der Waals surface area contributed by atoms with Gasteiger partial charge in [-0.1, -0.05) is 6.07 Å². The number of piperidine rings is 1. The van der Waals surface area contributed by atoms with Gasteiger partial charge >= 0.3 is 0 Å². The largest absolute Gasteiger partial charge is 0.337 e. The molecule has 0 spiro atoms. The van der Waals surface area contributed by atoms with Crippen LogP contribution in [0.4, 0.5) is 5.82 Å². The number of aromatic nitrogens is 6. The van der Waals surface area contributed by atoms with Crippen LogP contribution in [0.15, 0.2) is 59.9 Å². The van der Waals surface area contributed by atoms with Gasteiger partial charge in [-0.25, -0.2) is 14.5 Å². The smallest absolute Gasteiger partial charge is 0.248 e. The number of fused-ring (bicyclic) bond motifs is 3. The van der Waals surface area contributed by atoms with Crippen molar-refractivity contribution in [3.8, 4) is 11.1 Å². The molecule has 1 aliphatic heterocycles. The molecule has 1 saturated carbocycles. The first-order chi connectivity index (χ1) is 19.7. The maximum Gasteiger partial charge on any atom is 0.248 e. The van der Waals surface area contributed by atoms with Gasteiger partial charge in [0.15, 0.2) is 17.2 Å². The fourth-order valence-corrected chi connectivity index (χ4v) is 6.23. The van der Waals surface area contributed by atoms with E-state index < -0.39 is 6.04 Å².